The van der Waals surface area contributed by atoms with Gasteiger partial charge >= 0.3 is 0 Å². The Kier molecular flexibility index (Phi) is 4.45. The number of fused-ring (bicyclic) bond motifs is 3. The summed E-state index contributed by atoms with van der Waals surface area (Å²) in [6, 6.07) is 14.8. The second-order valence-electron chi connectivity index (χ2n) is 8.81. The van der Waals surface area contributed by atoms with E-state index in [-0.39, 0.29) is 17.0 Å². The number of nitrogens with zero attached hydrogens (tertiary/aromatic N) is 2. The average Bonchev–Trinajstić information content (AvgIpc) is 3.21. The van der Waals surface area contributed by atoms with Gasteiger partial charge in [0.2, 0.25) is 0 Å². The molecule has 2 heterocycles. The van der Waals surface area contributed by atoms with Gasteiger partial charge in [-0.3, -0.25) is 4.79 Å². The lowest BCUT2D eigenvalue weighted by Gasteiger charge is -2.34. The molecule has 1 aromatic heterocycles. The SMILES string of the molecule is CC(C)(C)CC(=O)CCC1(c2ccc(F)cc2)c2ccccc2-c2nccn21. The molecule has 4 heteroatoms. The van der Waals surface area contributed by atoms with Crippen molar-refractivity contribution in [2.45, 2.75) is 45.6 Å². The molecule has 1 aliphatic heterocycles. The fourth-order valence-corrected chi connectivity index (χ4v) is 4.40. The van der Waals surface area contributed by atoms with Crippen LogP contribution >= 0.6 is 0 Å². The Morgan fingerprint density at radius 3 is 2.54 bits per heavy atom. The van der Waals surface area contributed by atoms with Gasteiger partial charge in [-0.1, -0.05) is 57.2 Å². The van der Waals surface area contributed by atoms with E-state index in [1.165, 1.54) is 12.1 Å². The van der Waals surface area contributed by atoms with Gasteiger partial charge in [-0.25, -0.2) is 9.37 Å². The number of carbonyl (C=O) groups is 1. The largest absolute Gasteiger partial charge is 0.317 e. The molecule has 0 aliphatic carbocycles. The van der Waals surface area contributed by atoms with Crippen LogP contribution in [0.2, 0.25) is 0 Å². The number of hydrogen-bond donors (Lipinski definition) is 0. The van der Waals surface area contributed by atoms with E-state index in [1.807, 2.05) is 30.5 Å². The zero-order valence-corrected chi connectivity index (χ0v) is 16.6. The Hall–Kier alpha value is -2.75. The number of hydrogen-bond acceptors (Lipinski definition) is 2. The van der Waals surface area contributed by atoms with Gasteiger partial charge in [-0.05, 0) is 35.1 Å². The fourth-order valence-electron chi connectivity index (χ4n) is 4.40. The normalized spacial score (nSPS) is 18.0. The van der Waals surface area contributed by atoms with Crippen LogP contribution in [0.3, 0.4) is 0 Å². The second-order valence-corrected chi connectivity index (χ2v) is 8.81. The van der Waals surface area contributed by atoms with Crippen molar-refractivity contribution in [1.29, 1.82) is 0 Å². The van der Waals surface area contributed by atoms with Gasteiger partial charge in [0, 0.05) is 30.8 Å². The van der Waals surface area contributed by atoms with Crippen LogP contribution in [-0.4, -0.2) is 15.3 Å². The Labute approximate surface area is 165 Å². The minimum absolute atomic E-state index is 0.0339. The van der Waals surface area contributed by atoms with Crippen LogP contribution in [-0.2, 0) is 10.3 Å². The predicted octanol–water partition coefficient (Wildman–Crippen LogP) is 5.58. The summed E-state index contributed by atoms with van der Waals surface area (Å²) in [5, 5.41) is 0. The molecule has 3 aromatic rings. The molecule has 0 spiro atoms. The summed E-state index contributed by atoms with van der Waals surface area (Å²) in [6.07, 6.45) is 5.38. The van der Waals surface area contributed by atoms with Crippen LogP contribution in [0.15, 0.2) is 60.9 Å². The molecule has 3 nitrogen and oxygen atoms in total. The third-order valence-corrected chi connectivity index (χ3v) is 5.48. The maximum absolute atomic E-state index is 13.7. The molecule has 2 aromatic carbocycles. The fraction of sp³-hybridized carbons (Fsp3) is 0.333. The molecule has 0 radical (unpaired) electrons. The summed E-state index contributed by atoms with van der Waals surface area (Å²) in [5.74, 6) is 0.878. The molecule has 4 rings (SSSR count). The first-order valence-electron chi connectivity index (χ1n) is 9.73. The number of rotatable bonds is 5. The van der Waals surface area contributed by atoms with E-state index >= 15 is 0 Å². The van der Waals surface area contributed by atoms with Crippen molar-refractivity contribution in [3.63, 3.8) is 0 Å². The van der Waals surface area contributed by atoms with Gasteiger partial charge in [0.25, 0.3) is 0 Å². The van der Waals surface area contributed by atoms with Crippen molar-refractivity contribution in [2.24, 2.45) is 5.41 Å². The molecule has 28 heavy (non-hydrogen) atoms. The molecule has 0 saturated carbocycles. The Balaban J connectivity index is 1.82. The highest BCUT2D eigenvalue weighted by Gasteiger charge is 2.44. The Morgan fingerprint density at radius 2 is 1.82 bits per heavy atom. The number of halogens is 1. The van der Waals surface area contributed by atoms with E-state index in [0.29, 0.717) is 19.3 Å². The van der Waals surface area contributed by atoms with Crippen molar-refractivity contribution in [3.05, 3.63) is 77.9 Å². The number of ketones is 1. The van der Waals surface area contributed by atoms with E-state index in [4.69, 9.17) is 0 Å². The van der Waals surface area contributed by atoms with Gasteiger partial charge in [0.05, 0.1) is 5.54 Å². The van der Waals surface area contributed by atoms with Crippen molar-refractivity contribution < 1.29 is 9.18 Å². The van der Waals surface area contributed by atoms with Crippen molar-refractivity contribution in [1.82, 2.24) is 9.55 Å². The summed E-state index contributed by atoms with van der Waals surface area (Å²) >= 11 is 0. The monoisotopic (exact) mass is 376 g/mol. The maximum Gasteiger partial charge on any atom is 0.141 e. The van der Waals surface area contributed by atoms with Crippen molar-refractivity contribution >= 4 is 5.78 Å². The summed E-state index contributed by atoms with van der Waals surface area (Å²) < 4.78 is 15.8. The van der Waals surface area contributed by atoms with E-state index in [2.05, 4.69) is 42.5 Å². The first kappa shape index (κ1) is 18.6. The first-order chi connectivity index (χ1) is 13.3. The number of benzene rings is 2. The van der Waals surface area contributed by atoms with Crippen LogP contribution in [0, 0.1) is 11.2 Å². The van der Waals surface area contributed by atoms with Gasteiger partial charge in [0.1, 0.15) is 17.4 Å². The number of Topliss-reactive ketones (excluding diaryl/α,β-unsaturated/α-hetero) is 1. The molecule has 0 saturated heterocycles. The third-order valence-electron chi connectivity index (χ3n) is 5.48. The maximum atomic E-state index is 13.7. The first-order valence-corrected chi connectivity index (χ1v) is 9.73. The van der Waals surface area contributed by atoms with Gasteiger partial charge in [0.15, 0.2) is 0 Å². The quantitative estimate of drug-likeness (QED) is 0.583. The zero-order chi connectivity index (χ0) is 19.9. The van der Waals surface area contributed by atoms with Crippen molar-refractivity contribution in [3.8, 4) is 11.4 Å². The number of carbonyl (C=O) groups excluding carboxylic acids is 1. The van der Waals surface area contributed by atoms with Crippen LogP contribution in [0.25, 0.3) is 11.4 Å². The summed E-state index contributed by atoms with van der Waals surface area (Å²) in [6.45, 7) is 6.25. The van der Waals surface area contributed by atoms with Crippen molar-refractivity contribution in [2.75, 3.05) is 0 Å². The van der Waals surface area contributed by atoms with E-state index in [0.717, 1.165) is 22.5 Å². The highest BCUT2D eigenvalue weighted by Crippen LogP contribution is 2.49. The molecule has 0 N–H and O–H groups in total. The van der Waals surface area contributed by atoms with Crippen LogP contribution in [0.1, 0.15) is 51.2 Å². The van der Waals surface area contributed by atoms with E-state index in [9.17, 15) is 9.18 Å². The lowest BCUT2D eigenvalue weighted by atomic mass is 9.78. The summed E-state index contributed by atoms with van der Waals surface area (Å²) in [5.41, 5.74) is 2.58. The molecule has 144 valence electrons. The lowest BCUT2D eigenvalue weighted by Crippen LogP contribution is -2.34. The second kappa shape index (κ2) is 6.69. The smallest absolute Gasteiger partial charge is 0.141 e. The molecular formula is C24H25FN2O. The zero-order valence-electron chi connectivity index (χ0n) is 16.6. The van der Waals surface area contributed by atoms with E-state index < -0.39 is 5.54 Å². The predicted molar refractivity (Wildman–Crippen MR) is 109 cm³/mol. The minimum Gasteiger partial charge on any atom is -0.317 e. The molecule has 0 fully saturated rings. The summed E-state index contributed by atoms with van der Waals surface area (Å²) in [4.78, 5) is 17.3. The average molecular weight is 376 g/mol. The highest BCUT2D eigenvalue weighted by atomic mass is 19.1. The Bertz CT molecular complexity index is 1010. The van der Waals surface area contributed by atoms with Gasteiger partial charge in [-0.2, -0.15) is 0 Å². The third kappa shape index (κ3) is 3.07. The van der Waals surface area contributed by atoms with E-state index in [1.54, 1.807) is 6.20 Å². The number of aromatic nitrogens is 2. The minimum atomic E-state index is -0.552. The lowest BCUT2D eigenvalue weighted by molar-refractivity contribution is -0.121. The van der Waals surface area contributed by atoms with Crippen LogP contribution < -0.4 is 0 Å². The molecule has 0 amide bonds. The number of imidazole rings is 1. The molecule has 1 atom stereocenters. The highest BCUT2D eigenvalue weighted by molar-refractivity contribution is 5.80. The van der Waals surface area contributed by atoms with Gasteiger partial charge < -0.3 is 4.57 Å². The van der Waals surface area contributed by atoms with Crippen LogP contribution in [0.5, 0.6) is 0 Å². The molecule has 0 bridgehead atoms. The Morgan fingerprint density at radius 1 is 1.11 bits per heavy atom. The summed E-state index contributed by atoms with van der Waals surface area (Å²) in [7, 11) is 0. The standard InChI is InChI=1S/C24H25FN2O/c1-23(2,3)16-19(28)12-13-24(17-8-10-18(25)11-9-17)21-7-5-4-6-20(21)22-26-14-15-27(22)24/h4-11,14-15H,12-13,16H2,1-3H3. The van der Waals surface area contributed by atoms with Crippen LogP contribution in [0.4, 0.5) is 4.39 Å². The van der Waals surface area contributed by atoms with Gasteiger partial charge in [-0.15, -0.1) is 0 Å². The topological polar surface area (TPSA) is 34.9 Å². The molecule has 1 aliphatic rings. The molecular weight excluding hydrogens is 351 g/mol. The molecule has 1 unspecified atom stereocenters.